The van der Waals surface area contributed by atoms with Gasteiger partial charge in [-0.05, 0) is 28.8 Å². The van der Waals surface area contributed by atoms with Crippen molar-refractivity contribution in [2.24, 2.45) is 12.8 Å². The minimum atomic E-state index is 0.516. The Labute approximate surface area is 99.2 Å². The first kappa shape index (κ1) is 11.1. The fourth-order valence-electron chi connectivity index (χ4n) is 2.52. The van der Waals surface area contributed by atoms with Gasteiger partial charge in [-0.25, -0.2) is 4.98 Å². The van der Waals surface area contributed by atoms with E-state index in [1.54, 1.807) is 0 Å². The van der Waals surface area contributed by atoms with Crippen LogP contribution in [0.4, 0.5) is 0 Å². The molecule has 0 aliphatic heterocycles. The second kappa shape index (κ2) is 4.66. The van der Waals surface area contributed by atoms with Crippen molar-refractivity contribution in [1.29, 1.82) is 0 Å². The van der Waals surface area contributed by atoms with Gasteiger partial charge >= 0.3 is 0 Å². The summed E-state index contributed by atoms with van der Waals surface area (Å²) in [5.41, 5.74) is 7.00. The monoisotopic (exact) mass is 271 g/mol. The first-order chi connectivity index (χ1) is 7.24. The van der Waals surface area contributed by atoms with E-state index in [2.05, 4.69) is 32.5 Å². The normalized spacial score (nSPS) is 18.3. The molecule has 1 aliphatic rings. The molecule has 1 heterocycles. The molecule has 0 aromatic carbocycles. The van der Waals surface area contributed by atoms with Crippen LogP contribution < -0.4 is 5.73 Å². The van der Waals surface area contributed by atoms with E-state index < -0.39 is 0 Å². The Hall–Kier alpha value is -0.350. The van der Waals surface area contributed by atoms with Crippen molar-refractivity contribution in [2.45, 2.75) is 44.6 Å². The maximum Gasteiger partial charge on any atom is 0.127 e. The maximum absolute atomic E-state index is 5.66. The summed E-state index contributed by atoms with van der Waals surface area (Å²) in [4.78, 5) is 4.46. The predicted molar refractivity (Wildman–Crippen MR) is 64.6 cm³/mol. The summed E-state index contributed by atoms with van der Waals surface area (Å²) in [5.74, 6) is 1.65. The molecule has 15 heavy (non-hydrogen) atoms. The lowest BCUT2D eigenvalue weighted by Gasteiger charge is -2.22. The van der Waals surface area contributed by atoms with Gasteiger partial charge in [-0.2, -0.15) is 0 Å². The van der Waals surface area contributed by atoms with Crippen molar-refractivity contribution in [3.05, 3.63) is 16.1 Å². The molecule has 0 spiro atoms. The van der Waals surface area contributed by atoms with E-state index in [1.807, 2.05) is 0 Å². The number of imidazole rings is 1. The highest BCUT2D eigenvalue weighted by Crippen LogP contribution is 2.36. The summed E-state index contributed by atoms with van der Waals surface area (Å²) in [7, 11) is 2.07. The molecule has 1 aromatic heterocycles. The van der Waals surface area contributed by atoms with Crippen molar-refractivity contribution in [2.75, 3.05) is 0 Å². The maximum atomic E-state index is 5.66. The molecule has 1 saturated carbocycles. The van der Waals surface area contributed by atoms with Crippen LogP contribution in [-0.2, 0) is 13.6 Å². The van der Waals surface area contributed by atoms with Gasteiger partial charge in [0.15, 0.2) is 0 Å². The zero-order chi connectivity index (χ0) is 10.8. The summed E-state index contributed by atoms with van der Waals surface area (Å²) in [5, 5.41) is 0. The average molecular weight is 272 g/mol. The first-order valence-corrected chi connectivity index (χ1v) is 6.44. The second-order valence-electron chi connectivity index (χ2n) is 4.30. The Morgan fingerprint density at radius 2 is 2.07 bits per heavy atom. The van der Waals surface area contributed by atoms with Crippen LogP contribution in [0.1, 0.15) is 49.5 Å². The average Bonchev–Trinajstić information content (AvgIpc) is 2.55. The van der Waals surface area contributed by atoms with E-state index in [0.29, 0.717) is 12.5 Å². The highest BCUT2D eigenvalue weighted by molar-refractivity contribution is 9.10. The molecule has 1 aromatic rings. The largest absolute Gasteiger partial charge is 0.333 e. The first-order valence-electron chi connectivity index (χ1n) is 5.65. The van der Waals surface area contributed by atoms with Crippen LogP contribution in [0.25, 0.3) is 0 Å². The third-order valence-electron chi connectivity index (χ3n) is 3.36. The molecule has 0 bridgehead atoms. The Balaban J connectivity index is 2.29. The lowest BCUT2D eigenvalue weighted by molar-refractivity contribution is 0.427. The van der Waals surface area contributed by atoms with Crippen molar-refractivity contribution in [3.8, 4) is 0 Å². The third kappa shape index (κ3) is 2.11. The van der Waals surface area contributed by atoms with Crippen molar-refractivity contribution >= 4 is 15.9 Å². The number of hydrogen-bond donors (Lipinski definition) is 1. The number of nitrogens with zero attached hydrogens (tertiary/aromatic N) is 2. The molecule has 1 fully saturated rings. The quantitative estimate of drug-likeness (QED) is 0.899. The van der Waals surface area contributed by atoms with Crippen LogP contribution in [0.2, 0.25) is 0 Å². The van der Waals surface area contributed by atoms with Crippen LogP contribution in [0, 0.1) is 0 Å². The highest BCUT2D eigenvalue weighted by atomic mass is 79.9. The van der Waals surface area contributed by atoms with Crippen LogP contribution in [0.15, 0.2) is 4.60 Å². The Morgan fingerprint density at radius 3 is 2.60 bits per heavy atom. The van der Waals surface area contributed by atoms with Crippen molar-refractivity contribution in [1.82, 2.24) is 9.55 Å². The molecule has 0 atom stereocenters. The Morgan fingerprint density at radius 1 is 1.40 bits per heavy atom. The molecule has 0 amide bonds. The Bertz CT molecular complexity index is 340. The van der Waals surface area contributed by atoms with E-state index in [0.717, 1.165) is 10.4 Å². The predicted octanol–water partition coefficient (Wildman–Crippen LogP) is 2.69. The summed E-state index contributed by atoms with van der Waals surface area (Å²) < 4.78 is 3.16. The number of rotatable bonds is 2. The molecule has 3 nitrogen and oxygen atoms in total. The summed E-state index contributed by atoms with van der Waals surface area (Å²) >= 11 is 3.56. The molecular weight excluding hydrogens is 254 g/mol. The molecule has 0 saturated heterocycles. The van der Waals surface area contributed by atoms with Gasteiger partial charge < -0.3 is 10.3 Å². The van der Waals surface area contributed by atoms with Crippen molar-refractivity contribution in [3.63, 3.8) is 0 Å². The van der Waals surface area contributed by atoms with E-state index in [1.165, 1.54) is 37.8 Å². The summed E-state index contributed by atoms with van der Waals surface area (Å²) in [6.45, 7) is 0.516. The van der Waals surface area contributed by atoms with Gasteiger partial charge in [0, 0.05) is 13.0 Å². The second-order valence-corrected chi connectivity index (χ2v) is 5.05. The zero-order valence-corrected chi connectivity index (χ0v) is 10.8. The van der Waals surface area contributed by atoms with Gasteiger partial charge in [-0.1, -0.05) is 19.3 Å². The molecular formula is C11H18BrN3. The summed E-state index contributed by atoms with van der Waals surface area (Å²) in [6, 6.07) is 0. The number of halogens is 1. The van der Waals surface area contributed by atoms with Crippen LogP contribution in [0.3, 0.4) is 0 Å². The molecule has 0 unspecified atom stereocenters. The van der Waals surface area contributed by atoms with Gasteiger partial charge in [-0.15, -0.1) is 0 Å². The third-order valence-corrected chi connectivity index (χ3v) is 3.95. The van der Waals surface area contributed by atoms with E-state index in [9.17, 15) is 0 Å². The SMILES string of the molecule is Cn1c(CN)nc(Br)c1C1CCCCC1. The minimum absolute atomic E-state index is 0.516. The van der Waals surface area contributed by atoms with E-state index >= 15 is 0 Å². The van der Waals surface area contributed by atoms with Crippen molar-refractivity contribution < 1.29 is 0 Å². The van der Waals surface area contributed by atoms with Gasteiger partial charge in [0.1, 0.15) is 10.4 Å². The van der Waals surface area contributed by atoms with Crippen LogP contribution in [0.5, 0.6) is 0 Å². The van der Waals surface area contributed by atoms with Crippen LogP contribution in [-0.4, -0.2) is 9.55 Å². The van der Waals surface area contributed by atoms with Gasteiger partial charge in [0.2, 0.25) is 0 Å². The molecule has 84 valence electrons. The lowest BCUT2D eigenvalue weighted by atomic mass is 9.87. The van der Waals surface area contributed by atoms with Gasteiger partial charge in [0.25, 0.3) is 0 Å². The number of aromatic nitrogens is 2. The summed E-state index contributed by atoms with van der Waals surface area (Å²) in [6.07, 6.45) is 6.67. The standard InChI is InChI=1S/C11H18BrN3/c1-15-9(7-13)14-11(12)10(15)8-5-3-2-4-6-8/h8H,2-7,13H2,1H3. The zero-order valence-electron chi connectivity index (χ0n) is 9.17. The van der Waals surface area contributed by atoms with Crippen LogP contribution >= 0.6 is 15.9 Å². The topological polar surface area (TPSA) is 43.8 Å². The molecule has 1 aliphatic carbocycles. The number of hydrogen-bond acceptors (Lipinski definition) is 2. The fraction of sp³-hybridized carbons (Fsp3) is 0.727. The molecule has 0 radical (unpaired) electrons. The highest BCUT2D eigenvalue weighted by Gasteiger charge is 2.22. The van der Waals surface area contributed by atoms with E-state index in [-0.39, 0.29) is 0 Å². The Kier molecular flexibility index (Phi) is 3.46. The van der Waals surface area contributed by atoms with E-state index in [4.69, 9.17) is 5.73 Å². The molecule has 4 heteroatoms. The van der Waals surface area contributed by atoms with Gasteiger partial charge in [0.05, 0.1) is 12.2 Å². The molecule has 2 rings (SSSR count). The lowest BCUT2D eigenvalue weighted by Crippen LogP contribution is -2.12. The van der Waals surface area contributed by atoms with Gasteiger partial charge in [-0.3, -0.25) is 0 Å². The smallest absolute Gasteiger partial charge is 0.127 e. The fourth-order valence-corrected chi connectivity index (χ4v) is 3.32. The number of nitrogens with two attached hydrogens (primary N) is 1. The minimum Gasteiger partial charge on any atom is -0.333 e. The molecule has 2 N–H and O–H groups in total.